The predicted molar refractivity (Wildman–Crippen MR) is 122 cm³/mol. The third-order valence-electron chi connectivity index (χ3n) is 4.86. The highest BCUT2D eigenvalue weighted by molar-refractivity contribution is 6.30. The Hall–Kier alpha value is -3.19. The molecule has 3 N–H and O–H groups in total. The van der Waals surface area contributed by atoms with Crippen molar-refractivity contribution < 1.29 is 24.5 Å². The summed E-state index contributed by atoms with van der Waals surface area (Å²) in [6.07, 6.45) is 0.126. The number of aliphatic hydroxyl groups is 1. The molecule has 6 nitrogen and oxygen atoms in total. The van der Waals surface area contributed by atoms with Gasteiger partial charge in [-0.25, -0.2) is 4.79 Å². The number of ketones is 1. The lowest BCUT2D eigenvalue weighted by atomic mass is 10.0. The molecule has 7 heteroatoms. The van der Waals surface area contributed by atoms with E-state index in [2.05, 4.69) is 5.32 Å². The fourth-order valence-electron chi connectivity index (χ4n) is 3.14. The molecule has 3 rings (SSSR count). The van der Waals surface area contributed by atoms with E-state index in [-0.39, 0.29) is 5.78 Å². The van der Waals surface area contributed by atoms with Crippen LogP contribution >= 0.6 is 11.6 Å². The lowest BCUT2D eigenvalue weighted by Gasteiger charge is -2.12. The van der Waals surface area contributed by atoms with Crippen LogP contribution in [0.3, 0.4) is 0 Å². The molecule has 3 aromatic carbocycles. The molecule has 0 saturated heterocycles. The van der Waals surface area contributed by atoms with Gasteiger partial charge in [-0.3, -0.25) is 4.79 Å². The first-order valence-electron chi connectivity index (χ1n) is 10.1. The molecule has 32 heavy (non-hydrogen) atoms. The topological polar surface area (TPSA) is 95.9 Å². The summed E-state index contributed by atoms with van der Waals surface area (Å²) in [7, 11) is 0. The Morgan fingerprint density at radius 1 is 0.969 bits per heavy atom. The van der Waals surface area contributed by atoms with Crippen LogP contribution in [0.1, 0.15) is 33.2 Å². The van der Waals surface area contributed by atoms with E-state index in [1.54, 1.807) is 48.5 Å². The van der Waals surface area contributed by atoms with Crippen LogP contribution in [-0.2, 0) is 11.2 Å². The number of ether oxygens (including phenoxy) is 1. The fraction of sp³-hybridized carbons (Fsp3) is 0.200. The molecule has 166 valence electrons. The van der Waals surface area contributed by atoms with Gasteiger partial charge >= 0.3 is 5.97 Å². The number of carboxylic acids is 1. The van der Waals surface area contributed by atoms with Crippen LogP contribution in [-0.4, -0.2) is 41.7 Å². The fourth-order valence-corrected chi connectivity index (χ4v) is 3.34. The van der Waals surface area contributed by atoms with Crippen molar-refractivity contribution in [2.24, 2.45) is 0 Å². The molecular formula is C25H24ClNO5. The number of carbonyl (C=O) groups is 2. The van der Waals surface area contributed by atoms with Crippen LogP contribution in [0, 0.1) is 0 Å². The molecule has 0 aliphatic carbocycles. The average Bonchev–Trinajstić information content (AvgIpc) is 2.80. The number of carbonyl (C=O) groups excluding carboxylic acids is 1. The maximum absolute atomic E-state index is 12.6. The van der Waals surface area contributed by atoms with Crippen molar-refractivity contribution in [3.63, 3.8) is 0 Å². The van der Waals surface area contributed by atoms with Crippen LogP contribution in [0.4, 0.5) is 0 Å². The third kappa shape index (κ3) is 6.92. The van der Waals surface area contributed by atoms with E-state index in [0.29, 0.717) is 35.0 Å². The Balaban J connectivity index is 1.47. The number of hydrogen-bond donors (Lipinski definition) is 3. The Kier molecular flexibility index (Phi) is 8.39. The second-order valence-corrected chi connectivity index (χ2v) is 7.69. The third-order valence-corrected chi connectivity index (χ3v) is 5.09. The van der Waals surface area contributed by atoms with E-state index in [1.807, 2.05) is 24.3 Å². The Morgan fingerprint density at radius 2 is 1.62 bits per heavy atom. The summed E-state index contributed by atoms with van der Waals surface area (Å²) in [5, 5.41) is 22.7. The number of nitrogens with one attached hydrogen (secondary N) is 1. The minimum atomic E-state index is -1.06. The van der Waals surface area contributed by atoms with Gasteiger partial charge in [0, 0.05) is 22.7 Å². The predicted octanol–water partition coefficient (Wildman–Crippen LogP) is 3.90. The van der Waals surface area contributed by atoms with E-state index < -0.39 is 18.7 Å². The van der Waals surface area contributed by atoms with Crippen LogP contribution in [0.25, 0.3) is 0 Å². The molecule has 0 fully saturated rings. The number of halogens is 1. The van der Waals surface area contributed by atoms with Gasteiger partial charge in [-0.2, -0.15) is 0 Å². The van der Waals surface area contributed by atoms with Crippen molar-refractivity contribution in [3.8, 4) is 5.75 Å². The van der Waals surface area contributed by atoms with Gasteiger partial charge in [0.2, 0.25) is 0 Å². The molecule has 0 bridgehead atoms. The summed E-state index contributed by atoms with van der Waals surface area (Å²) in [6.45, 7) is 0.676. The summed E-state index contributed by atoms with van der Waals surface area (Å²) in [4.78, 5) is 23.2. The summed E-state index contributed by atoms with van der Waals surface area (Å²) in [5.41, 5.74) is 2.91. The van der Waals surface area contributed by atoms with Crippen molar-refractivity contribution in [3.05, 3.63) is 100 Å². The average molecular weight is 454 g/mol. The largest absolute Gasteiger partial charge is 0.482 e. The Labute approximate surface area is 191 Å². The summed E-state index contributed by atoms with van der Waals surface area (Å²) in [5.74, 6) is -0.783. The summed E-state index contributed by atoms with van der Waals surface area (Å²) >= 11 is 5.95. The van der Waals surface area contributed by atoms with E-state index in [0.717, 1.165) is 17.5 Å². The van der Waals surface area contributed by atoms with Crippen molar-refractivity contribution in [1.82, 2.24) is 5.32 Å². The van der Waals surface area contributed by atoms with E-state index >= 15 is 0 Å². The van der Waals surface area contributed by atoms with Gasteiger partial charge in [0.15, 0.2) is 12.4 Å². The second kappa shape index (κ2) is 11.4. The van der Waals surface area contributed by atoms with Crippen molar-refractivity contribution >= 4 is 23.4 Å². The van der Waals surface area contributed by atoms with Crippen molar-refractivity contribution in [2.45, 2.75) is 12.5 Å². The zero-order valence-electron chi connectivity index (χ0n) is 17.3. The second-order valence-electron chi connectivity index (χ2n) is 7.26. The molecule has 0 radical (unpaired) electrons. The monoisotopic (exact) mass is 453 g/mol. The molecule has 1 atom stereocenters. The number of hydrogen-bond acceptors (Lipinski definition) is 5. The summed E-state index contributed by atoms with van der Waals surface area (Å²) < 4.78 is 5.08. The highest BCUT2D eigenvalue weighted by atomic mass is 35.5. The number of carboxylic acid groups (broad SMARTS) is 1. The molecule has 0 aliphatic rings. The minimum absolute atomic E-state index is 0.121. The molecule has 0 unspecified atom stereocenters. The number of benzene rings is 3. The van der Waals surface area contributed by atoms with Crippen LogP contribution < -0.4 is 10.1 Å². The molecule has 0 amide bonds. The maximum Gasteiger partial charge on any atom is 0.341 e. The SMILES string of the molecule is O=C(O)COc1ccc(C(=O)c2ccc(CCNC[C@H](O)c3cccc(Cl)c3)cc2)cc1. The normalized spacial score (nSPS) is 11.7. The molecule has 0 spiro atoms. The van der Waals surface area contributed by atoms with Crippen LogP contribution in [0.5, 0.6) is 5.75 Å². The van der Waals surface area contributed by atoms with E-state index in [9.17, 15) is 14.7 Å². The number of aliphatic hydroxyl groups excluding tert-OH is 1. The Bertz CT molecular complexity index is 1050. The maximum atomic E-state index is 12.6. The first-order valence-corrected chi connectivity index (χ1v) is 10.5. The van der Waals surface area contributed by atoms with E-state index in [1.165, 1.54) is 0 Å². The minimum Gasteiger partial charge on any atom is -0.482 e. The lowest BCUT2D eigenvalue weighted by Crippen LogP contribution is -2.23. The Morgan fingerprint density at radius 3 is 2.25 bits per heavy atom. The van der Waals surface area contributed by atoms with E-state index in [4.69, 9.17) is 21.4 Å². The quantitative estimate of drug-likeness (QED) is 0.301. The molecule has 3 aromatic rings. The zero-order chi connectivity index (χ0) is 22.9. The van der Waals surface area contributed by atoms with Crippen molar-refractivity contribution in [1.29, 1.82) is 0 Å². The van der Waals surface area contributed by atoms with Gasteiger partial charge < -0.3 is 20.3 Å². The molecule has 0 saturated carbocycles. The van der Waals surface area contributed by atoms with Gasteiger partial charge in [0.25, 0.3) is 0 Å². The van der Waals surface area contributed by atoms with Gasteiger partial charge in [-0.15, -0.1) is 0 Å². The molecular weight excluding hydrogens is 430 g/mol. The zero-order valence-corrected chi connectivity index (χ0v) is 18.1. The highest BCUT2D eigenvalue weighted by Gasteiger charge is 2.10. The molecule has 0 heterocycles. The standard InChI is InChI=1S/C25H24ClNO5/c26-21-3-1-2-20(14-21)23(28)15-27-13-12-17-4-6-18(7-5-17)25(31)19-8-10-22(11-9-19)32-16-24(29)30/h1-11,14,23,27-28H,12-13,15-16H2,(H,29,30)/t23-/m0/s1. The highest BCUT2D eigenvalue weighted by Crippen LogP contribution is 2.18. The first-order chi connectivity index (χ1) is 15.4. The molecule has 0 aromatic heterocycles. The lowest BCUT2D eigenvalue weighted by molar-refractivity contribution is -0.139. The number of rotatable bonds is 11. The number of aliphatic carboxylic acids is 1. The smallest absolute Gasteiger partial charge is 0.341 e. The summed E-state index contributed by atoms with van der Waals surface area (Å²) in [6, 6.07) is 20.9. The van der Waals surface area contributed by atoms with Crippen molar-refractivity contribution in [2.75, 3.05) is 19.7 Å². The van der Waals surface area contributed by atoms with Gasteiger partial charge in [0.1, 0.15) is 5.75 Å². The van der Waals surface area contributed by atoms with Crippen LogP contribution in [0.15, 0.2) is 72.8 Å². The van der Waals surface area contributed by atoms with Gasteiger partial charge in [-0.1, -0.05) is 48.0 Å². The molecule has 0 aliphatic heterocycles. The van der Waals surface area contributed by atoms with Gasteiger partial charge in [-0.05, 0) is 60.5 Å². The van der Waals surface area contributed by atoms with Gasteiger partial charge in [0.05, 0.1) is 6.10 Å². The first kappa shape index (κ1) is 23.5. The van der Waals surface area contributed by atoms with Crippen LogP contribution in [0.2, 0.25) is 5.02 Å².